The van der Waals surface area contributed by atoms with Crippen molar-refractivity contribution in [3.05, 3.63) is 23.8 Å². The molecule has 0 radical (unpaired) electrons. The predicted molar refractivity (Wildman–Crippen MR) is 38.1 cm³/mol. The monoisotopic (exact) mass is 216 g/mol. The minimum absolute atomic E-state index is 0. The van der Waals surface area contributed by atoms with E-state index in [1.165, 1.54) is 0 Å². The molecular formula is C7H4F3NaOS. The maximum Gasteiger partial charge on any atom is 1.00 e. The fraction of sp³-hybridized carbons (Fsp3) is 0.143. The molecule has 0 aliphatic rings. The van der Waals surface area contributed by atoms with Gasteiger partial charge in [0.2, 0.25) is 0 Å². The predicted octanol–water partition coefficient (Wildman–Crippen LogP) is -0.928. The number of halogens is 3. The average molecular weight is 216 g/mol. The molecule has 0 heterocycles. The van der Waals surface area contributed by atoms with Crippen LogP contribution in [0, 0.1) is 0 Å². The minimum Gasteiger partial charge on any atom is -0.872 e. The Morgan fingerprint density at radius 3 is 2.15 bits per heavy atom. The summed E-state index contributed by atoms with van der Waals surface area (Å²) in [5.41, 5.74) is -0.855. The van der Waals surface area contributed by atoms with E-state index in [1.807, 2.05) is 0 Å². The molecule has 0 aliphatic carbocycles. The number of thiol groups is 1. The fourth-order valence-electron chi connectivity index (χ4n) is 0.694. The Morgan fingerprint density at radius 1 is 1.23 bits per heavy atom. The molecule has 0 aliphatic heterocycles. The second-order valence-corrected chi connectivity index (χ2v) is 2.66. The molecule has 1 aromatic carbocycles. The molecule has 0 spiro atoms. The molecule has 0 fully saturated rings. The van der Waals surface area contributed by atoms with E-state index in [2.05, 4.69) is 12.6 Å². The number of benzene rings is 1. The Labute approximate surface area is 101 Å². The normalized spacial score (nSPS) is 10.8. The van der Waals surface area contributed by atoms with Gasteiger partial charge in [0.05, 0.1) is 5.56 Å². The molecule has 66 valence electrons. The van der Waals surface area contributed by atoms with Crippen molar-refractivity contribution in [3.63, 3.8) is 0 Å². The van der Waals surface area contributed by atoms with Crippen LogP contribution in [0.1, 0.15) is 5.56 Å². The van der Waals surface area contributed by atoms with Crippen LogP contribution < -0.4 is 34.7 Å². The number of alkyl halides is 3. The summed E-state index contributed by atoms with van der Waals surface area (Å²) in [5.74, 6) is -0.508. The van der Waals surface area contributed by atoms with Crippen LogP contribution in [0.4, 0.5) is 13.2 Å². The van der Waals surface area contributed by atoms with Crippen LogP contribution in [0.5, 0.6) is 5.75 Å². The first-order valence-electron chi connectivity index (χ1n) is 2.98. The van der Waals surface area contributed by atoms with Crippen molar-refractivity contribution in [2.75, 3.05) is 0 Å². The summed E-state index contributed by atoms with van der Waals surface area (Å²) < 4.78 is 35.9. The van der Waals surface area contributed by atoms with Crippen molar-refractivity contribution in [3.8, 4) is 5.75 Å². The molecule has 0 atom stereocenters. The smallest absolute Gasteiger partial charge is 0.872 e. The molecule has 0 saturated carbocycles. The molecule has 6 heteroatoms. The van der Waals surface area contributed by atoms with E-state index >= 15 is 0 Å². The fourth-order valence-corrected chi connectivity index (χ4v) is 0.907. The summed E-state index contributed by atoms with van der Waals surface area (Å²) >= 11 is 3.59. The minimum atomic E-state index is -4.41. The zero-order valence-corrected chi connectivity index (χ0v) is 9.62. The topological polar surface area (TPSA) is 23.1 Å². The van der Waals surface area contributed by atoms with E-state index in [0.29, 0.717) is 6.07 Å². The van der Waals surface area contributed by atoms with Gasteiger partial charge in [0.15, 0.2) is 0 Å². The summed E-state index contributed by atoms with van der Waals surface area (Å²) in [6, 6.07) is 2.30. The Bertz CT molecular complexity index is 300. The van der Waals surface area contributed by atoms with Gasteiger partial charge in [-0.25, -0.2) is 0 Å². The first kappa shape index (κ1) is 13.2. The van der Waals surface area contributed by atoms with Crippen molar-refractivity contribution in [2.45, 2.75) is 11.1 Å². The summed E-state index contributed by atoms with van der Waals surface area (Å²) in [7, 11) is 0. The largest absolute Gasteiger partial charge is 1.00 e. The van der Waals surface area contributed by atoms with Crippen LogP contribution in [-0.4, -0.2) is 0 Å². The van der Waals surface area contributed by atoms with Gasteiger partial charge in [-0.2, -0.15) is 13.2 Å². The second-order valence-electron chi connectivity index (χ2n) is 2.18. The van der Waals surface area contributed by atoms with Crippen LogP contribution in [0.15, 0.2) is 23.1 Å². The maximum absolute atomic E-state index is 12.0. The first-order chi connectivity index (χ1) is 5.41. The van der Waals surface area contributed by atoms with E-state index in [0.717, 1.165) is 12.1 Å². The van der Waals surface area contributed by atoms with Crippen LogP contribution in [0.25, 0.3) is 0 Å². The molecule has 13 heavy (non-hydrogen) atoms. The number of hydrogen-bond donors (Lipinski definition) is 1. The quantitative estimate of drug-likeness (QED) is 0.439. The summed E-state index contributed by atoms with van der Waals surface area (Å²) in [6.45, 7) is 0. The van der Waals surface area contributed by atoms with Crippen LogP contribution in [0.3, 0.4) is 0 Å². The Hall–Kier alpha value is 0.160. The maximum atomic E-state index is 12.0. The summed E-state index contributed by atoms with van der Waals surface area (Å²) in [4.78, 5) is -0.190. The Balaban J connectivity index is 0.00000144. The molecule has 0 bridgehead atoms. The Kier molecular flexibility index (Phi) is 4.65. The van der Waals surface area contributed by atoms with Gasteiger partial charge < -0.3 is 5.11 Å². The van der Waals surface area contributed by atoms with Gasteiger partial charge in [0, 0.05) is 0 Å². The molecule has 1 rings (SSSR count). The molecule has 1 nitrogen and oxygen atoms in total. The van der Waals surface area contributed by atoms with Crippen molar-refractivity contribution in [1.29, 1.82) is 0 Å². The standard InChI is InChI=1S/C7H5F3OS.Na/c8-7(9,10)4-1-2-5(11)6(12)3-4;/h1-3,11-12H;/q;+1/p-1. The summed E-state index contributed by atoms with van der Waals surface area (Å²) in [5, 5.41) is 10.7. The van der Waals surface area contributed by atoms with E-state index in [-0.39, 0.29) is 34.5 Å². The SMILES string of the molecule is [Na+].[O-]c1ccc(C(F)(F)F)cc1S. The van der Waals surface area contributed by atoms with E-state index in [9.17, 15) is 18.3 Å². The third-order valence-electron chi connectivity index (χ3n) is 1.29. The van der Waals surface area contributed by atoms with Gasteiger partial charge in [0.1, 0.15) is 0 Å². The molecule has 0 unspecified atom stereocenters. The van der Waals surface area contributed by atoms with Crippen molar-refractivity contribution in [2.24, 2.45) is 0 Å². The molecule has 1 aromatic rings. The second kappa shape index (κ2) is 4.59. The summed E-state index contributed by atoms with van der Waals surface area (Å²) in [6.07, 6.45) is -4.41. The van der Waals surface area contributed by atoms with Gasteiger partial charge in [-0.1, -0.05) is 17.9 Å². The van der Waals surface area contributed by atoms with Gasteiger partial charge in [-0.05, 0) is 11.0 Å². The van der Waals surface area contributed by atoms with Crippen LogP contribution in [-0.2, 0) is 6.18 Å². The molecule has 0 saturated heterocycles. The Morgan fingerprint density at radius 2 is 1.77 bits per heavy atom. The molecule has 0 amide bonds. The van der Waals surface area contributed by atoms with E-state index in [4.69, 9.17) is 0 Å². The van der Waals surface area contributed by atoms with E-state index < -0.39 is 17.5 Å². The van der Waals surface area contributed by atoms with Gasteiger partial charge >= 0.3 is 35.7 Å². The number of rotatable bonds is 0. The van der Waals surface area contributed by atoms with Crippen molar-refractivity contribution in [1.82, 2.24) is 0 Å². The van der Waals surface area contributed by atoms with Gasteiger partial charge in [-0.3, -0.25) is 0 Å². The number of hydrogen-bond acceptors (Lipinski definition) is 2. The zero-order chi connectivity index (χ0) is 9.35. The van der Waals surface area contributed by atoms with Crippen LogP contribution >= 0.6 is 12.6 Å². The third kappa shape index (κ3) is 3.42. The average Bonchev–Trinajstić information content (AvgIpc) is 1.92. The van der Waals surface area contributed by atoms with E-state index in [1.54, 1.807) is 0 Å². The van der Waals surface area contributed by atoms with Gasteiger partial charge in [0.25, 0.3) is 0 Å². The van der Waals surface area contributed by atoms with Crippen molar-refractivity contribution >= 4 is 12.6 Å². The molecule has 0 aromatic heterocycles. The first-order valence-corrected chi connectivity index (χ1v) is 3.43. The zero-order valence-electron chi connectivity index (χ0n) is 6.72. The third-order valence-corrected chi connectivity index (χ3v) is 1.64. The van der Waals surface area contributed by atoms with Crippen LogP contribution in [0.2, 0.25) is 0 Å². The molecular weight excluding hydrogens is 212 g/mol. The van der Waals surface area contributed by atoms with Crippen molar-refractivity contribution < 1.29 is 47.8 Å². The molecule has 0 N–H and O–H groups in total. The van der Waals surface area contributed by atoms with Gasteiger partial charge in [-0.15, -0.1) is 12.6 Å².